The van der Waals surface area contributed by atoms with Crippen LogP contribution in [0.2, 0.25) is 0 Å². The monoisotopic (exact) mass is 215 g/mol. The van der Waals surface area contributed by atoms with Crippen molar-refractivity contribution in [3.63, 3.8) is 0 Å². The molecule has 11 heavy (non-hydrogen) atoms. The van der Waals surface area contributed by atoms with Crippen LogP contribution in [0.5, 0.6) is 5.75 Å². The number of ether oxygens (including phenoxy) is 1. The van der Waals surface area contributed by atoms with E-state index in [1.807, 2.05) is 12.1 Å². The van der Waals surface area contributed by atoms with E-state index in [2.05, 4.69) is 20.9 Å². The second kappa shape index (κ2) is 4.34. The van der Waals surface area contributed by atoms with E-state index in [1.54, 1.807) is 13.3 Å². The Morgan fingerprint density at radius 1 is 1.64 bits per heavy atom. The Morgan fingerprint density at radius 3 is 3.09 bits per heavy atom. The molecular weight excluding hydrogens is 206 g/mol. The number of methoxy groups -OCH3 is 1. The van der Waals surface area contributed by atoms with Crippen molar-refractivity contribution < 1.29 is 4.74 Å². The van der Waals surface area contributed by atoms with Gasteiger partial charge in [-0.1, -0.05) is 15.9 Å². The van der Waals surface area contributed by atoms with Crippen molar-refractivity contribution in [1.82, 2.24) is 4.98 Å². The minimum absolute atomic E-state index is 0.871. The van der Waals surface area contributed by atoms with E-state index >= 15 is 0 Å². The molecule has 0 amide bonds. The van der Waals surface area contributed by atoms with Crippen LogP contribution >= 0.6 is 15.9 Å². The van der Waals surface area contributed by atoms with Gasteiger partial charge >= 0.3 is 0 Å². The summed E-state index contributed by atoms with van der Waals surface area (Å²) in [5.41, 5.74) is 1.06. The van der Waals surface area contributed by atoms with Crippen LogP contribution in [0.15, 0.2) is 18.3 Å². The lowest BCUT2D eigenvalue weighted by Gasteiger charge is -2.00. The molecule has 0 aliphatic carbocycles. The summed E-state index contributed by atoms with van der Waals surface area (Å²) < 4.78 is 5.05. The molecule has 1 heterocycles. The number of halogens is 1. The fourth-order valence-corrected chi connectivity index (χ4v) is 1.22. The maximum absolute atomic E-state index is 5.05. The second-order valence-electron chi connectivity index (χ2n) is 2.13. The predicted octanol–water partition coefficient (Wildman–Crippen LogP) is 2.03. The van der Waals surface area contributed by atoms with E-state index in [9.17, 15) is 0 Å². The quantitative estimate of drug-likeness (QED) is 0.721. The third-order valence-corrected chi connectivity index (χ3v) is 1.77. The molecule has 1 aromatic rings. The van der Waals surface area contributed by atoms with Gasteiger partial charge in [0.15, 0.2) is 0 Å². The fraction of sp³-hybridized carbons (Fsp3) is 0.375. The summed E-state index contributed by atoms with van der Waals surface area (Å²) in [5, 5.41) is 0.938. The lowest BCUT2D eigenvalue weighted by molar-refractivity contribution is 0.413. The van der Waals surface area contributed by atoms with Gasteiger partial charge in [-0.2, -0.15) is 0 Å². The molecule has 0 atom stereocenters. The molecule has 0 aromatic carbocycles. The molecule has 0 fully saturated rings. The Balaban J connectivity index is 2.74. The zero-order valence-electron chi connectivity index (χ0n) is 6.38. The van der Waals surface area contributed by atoms with Crippen LogP contribution in [0.25, 0.3) is 0 Å². The summed E-state index contributed by atoms with van der Waals surface area (Å²) in [4.78, 5) is 4.17. The molecular formula is C8H10BrNO. The van der Waals surface area contributed by atoms with Crippen molar-refractivity contribution >= 4 is 15.9 Å². The van der Waals surface area contributed by atoms with E-state index in [1.165, 1.54) is 0 Å². The number of pyridine rings is 1. The molecule has 3 heteroatoms. The van der Waals surface area contributed by atoms with Crippen LogP contribution in [0.4, 0.5) is 0 Å². The van der Waals surface area contributed by atoms with E-state index < -0.39 is 0 Å². The molecule has 0 bridgehead atoms. The van der Waals surface area contributed by atoms with Crippen molar-refractivity contribution in [2.45, 2.75) is 6.42 Å². The van der Waals surface area contributed by atoms with Crippen LogP contribution < -0.4 is 4.74 Å². The van der Waals surface area contributed by atoms with Crippen molar-refractivity contribution in [2.75, 3.05) is 12.4 Å². The summed E-state index contributed by atoms with van der Waals surface area (Å²) in [7, 11) is 1.66. The normalized spacial score (nSPS) is 9.64. The maximum atomic E-state index is 5.05. The molecule has 0 N–H and O–H groups in total. The molecule has 60 valence electrons. The van der Waals surface area contributed by atoms with Gasteiger partial charge in [0.25, 0.3) is 0 Å². The van der Waals surface area contributed by atoms with Gasteiger partial charge in [0.1, 0.15) is 5.75 Å². The van der Waals surface area contributed by atoms with E-state index in [0.717, 1.165) is 23.2 Å². The average molecular weight is 216 g/mol. The van der Waals surface area contributed by atoms with Crippen LogP contribution in [0, 0.1) is 0 Å². The number of aromatic nitrogens is 1. The molecule has 0 aliphatic rings. The summed E-state index contributed by atoms with van der Waals surface area (Å²) in [6, 6.07) is 3.79. The number of hydrogen-bond acceptors (Lipinski definition) is 2. The molecule has 0 saturated heterocycles. The van der Waals surface area contributed by atoms with Gasteiger partial charge in [0, 0.05) is 23.3 Å². The molecule has 1 aromatic heterocycles. The van der Waals surface area contributed by atoms with Crippen molar-refractivity contribution in [1.29, 1.82) is 0 Å². The molecule has 0 spiro atoms. The van der Waals surface area contributed by atoms with E-state index in [4.69, 9.17) is 4.74 Å². The standard InChI is InChI=1S/C8H10BrNO/c1-11-8-3-5-10-7(6-8)2-4-9/h3,5-6H,2,4H2,1H3. The van der Waals surface area contributed by atoms with Gasteiger partial charge < -0.3 is 4.74 Å². The van der Waals surface area contributed by atoms with Crippen LogP contribution in [0.3, 0.4) is 0 Å². The molecule has 0 unspecified atom stereocenters. The number of nitrogens with zero attached hydrogens (tertiary/aromatic N) is 1. The largest absolute Gasteiger partial charge is 0.497 e. The Morgan fingerprint density at radius 2 is 2.45 bits per heavy atom. The Labute approximate surface area is 74.7 Å². The predicted molar refractivity (Wildman–Crippen MR) is 48.3 cm³/mol. The lowest BCUT2D eigenvalue weighted by atomic mass is 10.3. The highest BCUT2D eigenvalue weighted by Gasteiger charge is 1.94. The Kier molecular flexibility index (Phi) is 3.36. The minimum Gasteiger partial charge on any atom is -0.497 e. The van der Waals surface area contributed by atoms with E-state index in [-0.39, 0.29) is 0 Å². The summed E-state index contributed by atoms with van der Waals surface area (Å²) in [5.74, 6) is 0.871. The Bertz CT molecular complexity index is 227. The first-order valence-corrected chi connectivity index (χ1v) is 4.54. The van der Waals surface area contributed by atoms with Gasteiger partial charge in [-0.15, -0.1) is 0 Å². The third kappa shape index (κ3) is 2.50. The highest BCUT2D eigenvalue weighted by molar-refractivity contribution is 9.09. The van der Waals surface area contributed by atoms with E-state index in [0.29, 0.717) is 0 Å². The van der Waals surface area contributed by atoms with Gasteiger partial charge in [-0.05, 0) is 12.5 Å². The van der Waals surface area contributed by atoms with Gasteiger partial charge in [-0.3, -0.25) is 4.98 Å². The van der Waals surface area contributed by atoms with Crippen molar-refractivity contribution in [3.05, 3.63) is 24.0 Å². The first-order valence-electron chi connectivity index (χ1n) is 3.41. The fourth-order valence-electron chi connectivity index (χ4n) is 0.817. The molecule has 0 radical (unpaired) electrons. The minimum atomic E-state index is 0.871. The second-order valence-corrected chi connectivity index (χ2v) is 2.92. The van der Waals surface area contributed by atoms with Gasteiger partial charge in [0.05, 0.1) is 7.11 Å². The molecule has 0 aliphatic heterocycles. The maximum Gasteiger partial charge on any atom is 0.122 e. The third-order valence-electron chi connectivity index (χ3n) is 1.37. The van der Waals surface area contributed by atoms with Gasteiger partial charge in [0.2, 0.25) is 0 Å². The number of rotatable bonds is 3. The van der Waals surface area contributed by atoms with Crippen LogP contribution in [-0.2, 0) is 6.42 Å². The first-order chi connectivity index (χ1) is 5.36. The highest BCUT2D eigenvalue weighted by atomic mass is 79.9. The van der Waals surface area contributed by atoms with Crippen LogP contribution in [0.1, 0.15) is 5.69 Å². The zero-order valence-corrected chi connectivity index (χ0v) is 7.97. The summed E-state index contributed by atoms with van der Waals surface area (Å²) in [6.45, 7) is 0. The topological polar surface area (TPSA) is 22.1 Å². The SMILES string of the molecule is COc1ccnc(CCBr)c1. The number of alkyl halides is 1. The number of aryl methyl sites for hydroxylation is 1. The average Bonchev–Trinajstić information content (AvgIpc) is 2.06. The smallest absolute Gasteiger partial charge is 0.122 e. The lowest BCUT2D eigenvalue weighted by Crippen LogP contribution is -1.91. The Hall–Kier alpha value is -0.570. The molecule has 0 saturated carbocycles. The van der Waals surface area contributed by atoms with Gasteiger partial charge in [-0.25, -0.2) is 0 Å². The summed E-state index contributed by atoms with van der Waals surface area (Å²) >= 11 is 3.35. The van der Waals surface area contributed by atoms with Crippen molar-refractivity contribution in [3.8, 4) is 5.75 Å². The zero-order chi connectivity index (χ0) is 8.10. The first kappa shape index (κ1) is 8.53. The van der Waals surface area contributed by atoms with Crippen molar-refractivity contribution in [2.24, 2.45) is 0 Å². The van der Waals surface area contributed by atoms with Crippen LogP contribution in [-0.4, -0.2) is 17.4 Å². The molecule has 1 rings (SSSR count). The highest BCUT2D eigenvalue weighted by Crippen LogP contribution is 2.10. The molecule has 2 nitrogen and oxygen atoms in total. The number of hydrogen-bond donors (Lipinski definition) is 0. The summed E-state index contributed by atoms with van der Waals surface area (Å²) in [6.07, 6.45) is 2.70.